The van der Waals surface area contributed by atoms with Gasteiger partial charge in [-0.05, 0) is 18.2 Å². The van der Waals surface area contributed by atoms with Crippen LogP contribution in [0.15, 0.2) is 23.2 Å². The van der Waals surface area contributed by atoms with E-state index >= 15 is 0 Å². The number of methoxy groups -OCH3 is 1. The molecule has 0 saturated heterocycles. The molecule has 3 nitrogen and oxygen atoms in total. The third-order valence-electron chi connectivity index (χ3n) is 1.99. The number of halogens is 1. The van der Waals surface area contributed by atoms with Gasteiger partial charge in [-0.3, -0.25) is 0 Å². The second-order valence-corrected chi connectivity index (χ2v) is 3.92. The van der Waals surface area contributed by atoms with Crippen LogP contribution in [0.25, 0.3) is 0 Å². The summed E-state index contributed by atoms with van der Waals surface area (Å²) in [7, 11) is 1.58. The monoisotopic (exact) mass is 226 g/mol. The molecule has 0 atom stereocenters. The van der Waals surface area contributed by atoms with Gasteiger partial charge in [0, 0.05) is 5.92 Å². The van der Waals surface area contributed by atoms with Crippen LogP contribution < -0.4 is 10.5 Å². The fourth-order valence-corrected chi connectivity index (χ4v) is 1.25. The van der Waals surface area contributed by atoms with Crippen LogP contribution in [0.1, 0.15) is 13.8 Å². The lowest BCUT2D eigenvalue weighted by Crippen LogP contribution is -2.17. The molecule has 1 aromatic rings. The lowest BCUT2D eigenvalue weighted by atomic mass is 10.2. The molecule has 0 bridgehead atoms. The van der Waals surface area contributed by atoms with Crippen molar-refractivity contribution in [1.82, 2.24) is 0 Å². The van der Waals surface area contributed by atoms with E-state index in [0.29, 0.717) is 16.6 Å². The molecule has 0 unspecified atom stereocenters. The first-order chi connectivity index (χ1) is 7.04. The predicted octanol–water partition coefficient (Wildman–Crippen LogP) is 2.99. The molecule has 0 aliphatic carbocycles. The minimum Gasteiger partial charge on any atom is -0.495 e. The number of amidine groups is 1. The average Bonchev–Trinajstić information content (AvgIpc) is 2.18. The Labute approximate surface area is 94.9 Å². The first kappa shape index (κ1) is 11.9. The lowest BCUT2D eigenvalue weighted by Gasteiger charge is -2.06. The summed E-state index contributed by atoms with van der Waals surface area (Å²) in [6, 6.07) is 5.32. The number of hydrogen-bond acceptors (Lipinski definition) is 2. The molecule has 0 aliphatic rings. The summed E-state index contributed by atoms with van der Waals surface area (Å²) in [4.78, 5) is 4.25. The summed E-state index contributed by atoms with van der Waals surface area (Å²) in [6.07, 6.45) is 0. The van der Waals surface area contributed by atoms with Gasteiger partial charge in [0.1, 0.15) is 11.6 Å². The topological polar surface area (TPSA) is 47.6 Å². The second kappa shape index (κ2) is 5.03. The average molecular weight is 227 g/mol. The van der Waals surface area contributed by atoms with Crippen LogP contribution in [0.5, 0.6) is 5.75 Å². The SMILES string of the molecule is COc1ccc(N=C(N)C(C)C)cc1Cl. The normalized spacial score (nSPS) is 11.9. The molecule has 0 spiro atoms. The standard InChI is InChI=1S/C11H15ClN2O/c1-7(2)11(13)14-8-4-5-10(15-3)9(12)6-8/h4-7H,1-3H3,(H2,13,14). The Hall–Kier alpha value is -1.22. The maximum Gasteiger partial charge on any atom is 0.137 e. The Morgan fingerprint density at radius 3 is 2.60 bits per heavy atom. The van der Waals surface area contributed by atoms with E-state index < -0.39 is 0 Å². The zero-order valence-electron chi connectivity index (χ0n) is 9.12. The number of nitrogens with zero attached hydrogens (tertiary/aromatic N) is 1. The van der Waals surface area contributed by atoms with Gasteiger partial charge >= 0.3 is 0 Å². The van der Waals surface area contributed by atoms with Crippen LogP contribution in [0.3, 0.4) is 0 Å². The van der Waals surface area contributed by atoms with Crippen LogP contribution >= 0.6 is 11.6 Å². The van der Waals surface area contributed by atoms with E-state index in [1.165, 1.54) is 0 Å². The smallest absolute Gasteiger partial charge is 0.137 e. The number of rotatable bonds is 3. The summed E-state index contributed by atoms with van der Waals surface area (Å²) in [5.41, 5.74) is 6.49. The first-order valence-electron chi connectivity index (χ1n) is 4.72. The molecule has 0 saturated carbocycles. The highest BCUT2D eigenvalue weighted by Crippen LogP contribution is 2.28. The predicted molar refractivity (Wildman–Crippen MR) is 64.1 cm³/mol. The molecule has 82 valence electrons. The quantitative estimate of drug-likeness (QED) is 0.636. The molecule has 1 rings (SSSR count). The highest BCUT2D eigenvalue weighted by atomic mass is 35.5. The molecule has 0 radical (unpaired) electrons. The van der Waals surface area contributed by atoms with E-state index in [9.17, 15) is 0 Å². The lowest BCUT2D eigenvalue weighted by molar-refractivity contribution is 0.415. The van der Waals surface area contributed by atoms with Crippen molar-refractivity contribution in [3.8, 4) is 5.75 Å². The van der Waals surface area contributed by atoms with Crippen LogP contribution in [0.4, 0.5) is 5.69 Å². The largest absolute Gasteiger partial charge is 0.495 e. The Morgan fingerprint density at radius 2 is 2.13 bits per heavy atom. The fraction of sp³-hybridized carbons (Fsp3) is 0.364. The van der Waals surface area contributed by atoms with Crippen LogP contribution in [-0.2, 0) is 0 Å². The molecule has 1 aromatic carbocycles. The number of benzene rings is 1. The summed E-state index contributed by atoms with van der Waals surface area (Å²) in [6.45, 7) is 3.98. The minimum atomic E-state index is 0.228. The number of aliphatic imine (C=N–C) groups is 1. The minimum absolute atomic E-state index is 0.228. The van der Waals surface area contributed by atoms with Gasteiger partial charge < -0.3 is 10.5 Å². The van der Waals surface area contributed by atoms with Gasteiger partial charge in [0.15, 0.2) is 0 Å². The molecule has 0 amide bonds. The molecule has 0 heterocycles. The zero-order chi connectivity index (χ0) is 11.4. The molecule has 2 N–H and O–H groups in total. The Kier molecular flexibility index (Phi) is 3.97. The summed E-state index contributed by atoms with van der Waals surface area (Å²) in [5.74, 6) is 1.46. The van der Waals surface area contributed by atoms with Crippen molar-refractivity contribution in [1.29, 1.82) is 0 Å². The van der Waals surface area contributed by atoms with Gasteiger partial charge in [-0.25, -0.2) is 4.99 Å². The Balaban J connectivity index is 2.98. The van der Waals surface area contributed by atoms with Crippen molar-refractivity contribution < 1.29 is 4.74 Å². The fourth-order valence-electron chi connectivity index (χ4n) is 1.00. The molecule has 4 heteroatoms. The van der Waals surface area contributed by atoms with Gasteiger partial charge in [0.25, 0.3) is 0 Å². The molecular formula is C11H15ClN2O. The van der Waals surface area contributed by atoms with Gasteiger partial charge in [0.05, 0.1) is 17.8 Å². The third-order valence-corrected chi connectivity index (χ3v) is 2.28. The summed E-state index contributed by atoms with van der Waals surface area (Å²) in [5, 5.41) is 0.537. The van der Waals surface area contributed by atoms with Crippen LogP contribution in [0, 0.1) is 5.92 Å². The first-order valence-corrected chi connectivity index (χ1v) is 5.10. The maximum absolute atomic E-state index is 5.96. The van der Waals surface area contributed by atoms with Crippen LogP contribution in [0.2, 0.25) is 5.02 Å². The second-order valence-electron chi connectivity index (χ2n) is 3.51. The molecular weight excluding hydrogens is 212 g/mol. The van der Waals surface area contributed by atoms with E-state index in [-0.39, 0.29) is 5.92 Å². The van der Waals surface area contributed by atoms with Gasteiger partial charge in [-0.2, -0.15) is 0 Å². The van der Waals surface area contributed by atoms with Crippen molar-refractivity contribution in [2.45, 2.75) is 13.8 Å². The van der Waals surface area contributed by atoms with E-state index in [1.807, 2.05) is 19.9 Å². The van der Waals surface area contributed by atoms with E-state index in [4.69, 9.17) is 22.1 Å². The van der Waals surface area contributed by atoms with Crippen molar-refractivity contribution in [3.63, 3.8) is 0 Å². The molecule has 0 fully saturated rings. The summed E-state index contributed by atoms with van der Waals surface area (Å²) >= 11 is 5.96. The Morgan fingerprint density at radius 1 is 1.47 bits per heavy atom. The van der Waals surface area contributed by atoms with Crippen LogP contribution in [-0.4, -0.2) is 12.9 Å². The van der Waals surface area contributed by atoms with Gasteiger partial charge in [0.2, 0.25) is 0 Å². The van der Waals surface area contributed by atoms with Crippen molar-refractivity contribution >= 4 is 23.1 Å². The third kappa shape index (κ3) is 3.13. The highest BCUT2D eigenvalue weighted by Gasteiger charge is 2.03. The molecule has 0 aliphatic heterocycles. The van der Waals surface area contributed by atoms with Gasteiger partial charge in [-0.1, -0.05) is 25.4 Å². The van der Waals surface area contributed by atoms with Crippen molar-refractivity contribution in [2.75, 3.05) is 7.11 Å². The Bertz CT molecular complexity index is 375. The number of hydrogen-bond donors (Lipinski definition) is 1. The summed E-state index contributed by atoms with van der Waals surface area (Å²) < 4.78 is 5.04. The number of nitrogens with two attached hydrogens (primary N) is 1. The molecule has 0 aromatic heterocycles. The maximum atomic E-state index is 5.96. The van der Waals surface area contributed by atoms with Crippen molar-refractivity contribution in [2.24, 2.45) is 16.6 Å². The van der Waals surface area contributed by atoms with E-state index in [0.717, 1.165) is 5.69 Å². The van der Waals surface area contributed by atoms with Gasteiger partial charge in [-0.15, -0.1) is 0 Å². The van der Waals surface area contributed by atoms with Crippen molar-refractivity contribution in [3.05, 3.63) is 23.2 Å². The number of ether oxygens (including phenoxy) is 1. The zero-order valence-corrected chi connectivity index (χ0v) is 9.88. The van der Waals surface area contributed by atoms with E-state index in [1.54, 1.807) is 19.2 Å². The van der Waals surface area contributed by atoms with E-state index in [2.05, 4.69) is 4.99 Å². The highest BCUT2D eigenvalue weighted by molar-refractivity contribution is 6.32. The molecule has 15 heavy (non-hydrogen) atoms.